The third-order valence-corrected chi connectivity index (χ3v) is 5.01. The molecular weight excluding hydrogens is 450 g/mol. The lowest BCUT2D eigenvalue weighted by atomic mass is 10.2. The maximum Gasteiger partial charge on any atom is 0.333 e. The van der Waals surface area contributed by atoms with Crippen molar-refractivity contribution in [1.29, 1.82) is 0 Å². The SMILES string of the molecule is CO[C@H](COS(N)(=O)=O)[C@@H](O)[C@@H](O)n1cnc2c(C#Cc3ccccc3Cl)ncnc21. The largest absolute Gasteiger partial charge is 0.386 e. The second-order valence-corrected chi connectivity index (χ2v) is 7.86. The minimum absolute atomic E-state index is 0.187. The fraction of sp³-hybridized carbons (Fsp3) is 0.278. The van der Waals surface area contributed by atoms with E-state index >= 15 is 0 Å². The van der Waals surface area contributed by atoms with Gasteiger partial charge in [-0.1, -0.05) is 29.7 Å². The maximum atomic E-state index is 11.0. The molecule has 0 aliphatic carbocycles. The lowest BCUT2D eigenvalue weighted by molar-refractivity contribution is -0.112. The third kappa shape index (κ3) is 5.54. The van der Waals surface area contributed by atoms with E-state index in [-0.39, 0.29) is 16.9 Å². The number of hydrogen-bond donors (Lipinski definition) is 3. The molecule has 3 aromatic rings. The molecule has 0 saturated heterocycles. The summed E-state index contributed by atoms with van der Waals surface area (Å²) >= 11 is 6.10. The highest BCUT2D eigenvalue weighted by atomic mass is 35.5. The molecule has 3 rings (SSSR count). The van der Waals surface area contributed by atoms with Crippen LogP contribution < -0.4 is 5.14 Å². The van der Waals surface area contributed by atoms with E-state index in [9.17, 15) is 18.6 Å². The number of nitrogens with two attached hydrogens (primary N) is 1. The summed E-state index contributed by atoms with van der Waals surface area (Å²) in [5.41, 5.74) is 1.35. The van der Waals surface area contributed by atoms with Crippen LogP contribution in [0.5, 0.6) is 0 Å². The highest BCUT2D eigenvalue weighted by molar-refractivity contribution is 7.84. The molecule has 4 N–H and O–H groups in total. The molecule has 0 saturated carbocycles. The van der Waals surface area contributed by atoms with E-state index in [2.05, 4.69) is 31.0 Å². The molecule has 0 unspecified atom stereocenters. The van der Waals surface area contributed by atoms with E-state index in [0.29, 0.717) is 10.6 Å². The number of ether oxygens (including phenoxy) is 1. The first-order valence-corrected chi connectivity index (χ1v) is 10.6. The first-order valence-electron chi connectivity index (χ1n) is 8.71. The number of fused-ring (bicyclic) bond motifs is 1. The molecular formula is C18H18ClN5O6S. The standard InChI is InChI=1S/C18H18ClN5O6S/c1-29-14(8-30-31(20,27)28)16(25)18(26)24-10-23-15-13(21-9-22-17(15)24)7-6-11-4-2-3-5-12(11)19/h2-5,9-10,14,16,18,25-26H,8H2,1H3,(H2,20,27,28)/t14-,16-,18-/m1/s1. The van der Waals surface area contributed by atoms with Crippen molar-refractivity contribution in [3.05, 3.63) is 53.2 Å². The molecule has 1 aromatic carbocycles. The topological polar surface area (TPSA) is 163 Å². The molecule has 3 atom stereocenters. The Morgan fingerprint density at radius 2 is 1.97 bits per heavy atom. The van der Waals surface area contributed by atoms with E-state index in [1.807, 2.05) is 0 Å². The summed E-state index contributed by atoms with van der Waals surface area (Å²) in [5, 5.41) is 26.3. The van der Waals surface area contributed by atoms with Crippen molar-refractivity contribution < 1.29 is 27.6 Å². The van der Waals surface area contributed by atoms with Gasteiger partial charge in [-0.05, 0) is 18.1 Å². The lowest BCUT2D eigenvalue weighted by Crippen LogP contribution is -2.40. The molecule has 164 valence electrons. The van der Waals surface area contributed by atoms with Crippen molar-refractivity contribution in [3.63, 3.8) is 0 Å². The Hall–Kier alpha value is -2.63. The van der Waals surface area contributed by atoms with Crippen LogP contribution in [0, 0.1) is 11.8 Å². The minimum Gasteiger partial charge on any atom is -0.386 e. The highest BCUT2D eigenvalue weighted by Crippen LogP contribution is 2.21. The fourth-order valence-corrected chi connectivity index (χ4v) is 3.16. The van der Waals surface area contributed by atoms with Crippen molar-refractivity contribution >= 4 is 33.1 Å². The number of hydrogen-bond acceptors (Lipinski definition) is 9. The highest BCUT2D eigenvalue weighted by Gasteiger charge is 2.30. The number of aromatic nitrogens is 4. The van der Waals surface area contributed by atoms with Crippen LogP contribution >= 0.6 is 11.6 Å². The minimum atomic E-state index is -4.25. The molecule has 0 bridgehead atoms. The van der Waals surface area contributed by atoms with E-state index in [1.165, 1.54) is 24.3 Å². The van der Waals surface area contributed by atoms with Gasteiger partial charge in [-0.15, -0.1) is 0 Å². The number of benzene rings is 1. The summed E-state index contributed by atoms with van der Waals surface area (Å²) in [4.78, 5) is 12.4. The smallest absolute Gasteiger partial charge is 0.333 e. The van der Waals surface area contributed by atoms with Gasteiger partial charge in [0, 0.05) is 12.7 Å². The first kappa shape index (κ1) is 23.0. The summed E-state index contributed by atoms with van der Waals surface area (Å²) < 4.78 is 32.6. The molecule has 2 aromatic heterocycles. The average molecular weight is 468 g/mol. The predicted molar refractivity (Wildman–Crippen MR) is 110 cm³/mol. The van der Waals surface area contributed by atoms with Crippen LogP contribution in [0.25, 0.3) is 11.2 Å². The summed E-state index contributed by atoms with van der Waals surface area (Å²) in [7, 11) is -3.04. The summed E-state index contributed by atoms with van der Waals surface area (Å²) in [6, 6.07) is 7.04. The van der Waals surface area contributed by atoms with Crippen LogP contribution in [0.2, 0.25) is 5.02 Å². The Bertz CT molecular complexity index is 1240. The zero-order valence-electron chi connectivity index (χ0n) is 16.1. The van der Waals surface area contributed by atoms with Crippen molar-refractivity contribution in [2.24, 2.45) is 5.14 Å². The second kappa shape index (κ2) is 9.67. The van der Waals surface area contributed by atoms with Gasteiger partial charge in [0.25, 0.3) is 0 Å². The molecule has 13 heteroatoms. The third-order valence-electron chi connectivity index (χ3n) is 4.22. The second-order valence-electron chi connectivity index (χ2n) is 6.23. The number of nitrogens with zero attached hydrogens (tertiary/aromatic N) is 4. The van der Waals surface area contributed by atoms with Gasteiger partial charge < -0.3 is 14.9 Å². The Balaban J connectivity index is 1.89. The molecule has 0 fully saturated rings. The first-order chi connectivity index (χ1) is 14.7. The van der Waals surface area contributed by atoms with Crippen molar-refractivity contribution in [1.82, 2.24) is 19.5 Å². The van der Waals surface area contributed by atoms with E-state index in [0.717, 1.165) is 0 Å². The number of methoxy groups -OCH3 is 1. The number of aliphatic hydroxyl groups excluding tert-OH is 2. The number of aliphatic hydroxyl groups is 2. The maximum absolute atomic E-state index is 11.0. The zero-order chi connectivity index (χ0) is 22.6. The van der Waals surface area contributed by atoms with Gasteiger partial charge in [-0.25, -0.2) is 20.1 Å². The molecule has 0 aliphatic heterocycles. The van der Waals surface area contributed by atoms with E-state index in [4.69, 9.17) is 21.5 Å². The van der Waals surface area contributed by atoms with E-state index < -0.39 is 35.3 Å². The summed E-state index contributed by atoms with van der Waals surface area (Å²) in [6.45, 7) is -0.607. The summed E-state index contributed by atoms with van der Waals surface area (Å²) in [6.07, 6.45) is -1.95. The number of imidazole rings is 1. The van der Waals surface area contributed by atoms with Crippen LogP contribution in [0.15, 0.2) is 36.9 Å². The average Bonchev–Trinajstić information content (AvgIpc) is 3.17. The lowest BCUT2D eigenvalue weighted by Gasteiger charge is -2.25. The van der Waals surface area contributed by atoms with Gasteiger partial charge in [0.2, 0.25) is 0 Å². The fourth-order valence-electron chi connectivity index (χ4n) is 2.65. The van der Waals surface area contributed by atoms with Gasteiger partial charge in [0.05, 0.1) is 18.0 Å². The van der Waals surface area contributed by atoms with Crippen LogP contribution in [0.4, 0.5) is 0 Å². The molecule has 0 spiro atoms. The number of halogens is 1. The summed E-state index contributed by atoms with van der Waals surface area (Å²) in [5.74, 6) is 5.77. The van der Waals surface area contributed by atoms with Crippen LogP contribution in [0.1, 0.15) is 17.5 Å². The Morgan fingerprint density at radius 3 is 2.65 bits per heavy atom. The molecule has 0 radical (unpaired) electrons. The van der Waals surface area contributed by atoms with Gasteiger partial charge in [-0.2, -0.15) is 8.42 Å². The van der Waals surface area contributed by atoms with Crippen LogP contribution in [-0.4, -0.2) is 64.1 Å². The zero-order valence-corrected chi connectivity index (χ0v) is 17.7. The van der Waals surface area contributed by atoms with Crippen molar-refractivity contribution in [3.8, 4) is 11.8 Å². The Labute approximate surface area is 182 Å². The predicted octanol–water partition coefficient (Wildman–Crippen LogP) is -0.0336. The molecule has 2 heterocycles. The van der Waals surface area contributed by atoms with Gasteiger partial charge in [0.15, 0.2) is 11.9 Å². The van der Waals surface area contributed by atoms with Crippen LogP contribution in [0.3, 0.4) is 0 Å². The van der Waals surface area contributed by atoms with Gasteiger partial charge >= 0.3 is 10.3 Å². The molecule has 11 nitrogen and oxygen atoms in total. The van der Waals surface area contributed by atoms with Gasteiger partial charge in [-0.3, -0.25) is 8.75 Å². The monoisotopic (exact) mass is 467 g/mol. The van der Waals surface area contributed by atoms with Gasteiger partial charge in [0.1, 0.15) is 29.7 Å². The molecule has 0 amide bonds. The molecule has 0 aliphatic rings. The quantitative estimate of drug-likeness (QED) is 0.405. The normalized spacial score (nSPS) is 14.6. The van der Waals surface area contributed by atoms with Crippen molar-refractivity contribution in [2.75, 3.05) is 13.7 Å². The Kier molecular flexibility index (Phi) is 7.19. The van der Waals surface area contributed by atoms with Crippen LogP contribution in [-0.2, 0) is 19.2 Å². The number of rotatable bonds is 7. The van der Waals surface area contributed by atoms with E-state index in [1.54, 1.807) is 24.3 Å². The Morgan fingerprint density at radius 1 is 1.23 bits per heavy atom. The van der Waals surface area contributed by atoms with Crippen molar-refractivity contribution in [2.45, 2.75) is 18.4 Å². The molecule has 31 heavy (non-hydrogen) atoms.